The Hall–Kier alpha value is -0.510. The maximum Gasteiger partial charge on any atom is 0.317 e. The molecule has 0 aliphatic heterocycles. The molecule has 0 aliphatic rings. The van der Waals surface area contributed by atoms with Crippen LogP contribution in [0.2, 0.25) is 0 Å². The van der Waals surface area contributed by atoms with Gasteiger partial charge >= 0.3 is 5.97 Å². The zero-order valence-corrected chi connectivity index (χ0v) is 9.22. The van der Waals surface area contributed by atoms with E-state index in [0.717, 1.165) is 11.8 Å². The molecule has 13 heavy (non-hydrogen) atoms. The summed E-state index contributed by atoms with van der Waals surface area (Å²) in [4.78, 5) is 21.6. The minimum absolute atomic E-state index is 0.00593. The molecule has 0 amide bonds. The molecule has 2 unspecified atom stereocenters. The van der Waals surface area contributed by atoms with Gasteiger partial charge in [-0.25, -0.2) is 0 Å². The molecule has 0 aromatic heterocycles. The van der Waals surface area contributed by atoms with Crippen LogP contribution in [-0.4, -0.2) is 21.4 Å². The molecule has 0 bridgehead atoms. The second kappa shape index (κ2) is 5.27. The average molecular weight is 204 g/mol. The quantitative estimate of drug-likeness (QED) is 0.761. The summed E-state index contributed by atoms with van der Waals surface area (Å²) in [6.45, 7) is 7.18. The van der Waals surface area contributed by atoms with Gasteiger partial charge in [-0.15, -0.1) is 0 Å². The monoisotopic (exact) mass is 204 g/mol. The summed E-state index contributed by atoms with van der Waals surface area (Å²) in [7, 11) is 0. The van der Waals surface area contributed by atoms with Crippen molar-refractivity contribution in [3.8, 4) is 0 Å². The van der Waals surface area contributed by atoms with Crippen LogP contribution < -0.4 is 0 Å². The normalized spacial score (nSPS) is 15.5. The van der Waals surface area contributed by atoms with Crippen LogP contribution in [0, 0.1) is 11.8 Å². The molecule has 0 aromatic rings. The van der Waals surface area contributed by atoms with Crippen LogP contribution in [0.3, 0.4) is 0 Å². The van der Waals surface area contributed by atoms with Crippen LogP contribution in [-0.2, 0) is 9.59 Å². The number of thioether (sulfide) groups is 1. The summed E-state index contributed by atoms with van der Waals surface area (Å²) >= 11 is 0.906. The highest BCUT2D eigenvalue weighted by atomic mass is 32.2. The number of carboxylic acid groups (broad SMARTS) is 1. The van der Waals surface area contributed by atoms with Crippen molar-refractivity contribution in [2.75, 3.05) is 0 Å². The third-order valence-corrected chi connectivity index (χ3v) is 3.28. The molecule has 0 fully saturated rings. The van der Waals surface area contributed by atoms with Crippen LogP contribution >= 0.6 is 11.8 Å². The van der Waals surface area contributed by atoms with E-state index in [2.05, 4.69) is 0 Å². The molecule has 2 atom stereocenters. The predicted molar refractivity (Wildman–Crippen MR) is 53.7 cm³/mol. The smallest absolute Gasteiger partial charge is 0.317 e. The Kier molecular flexibility index (Phi) is 5.06. The van der Waals surface area contributed by atoms with Crippen molar-refractivity contribution in [2.45, 2.75) is 32.9 Å². The first kappa shape index (κ1) is 12.5. The van der Waals surface area contributed by atoms with E-state index in [1.165, 1.54) is 6.92 Å². The second-order valence-corrected chi connectivity index (χ2v) is 4.79. The molecule has 0 saturated carbocycles. The van der Waals surface area contributed by atoms with Gasteiger partial charge in [0.05, 0.1) is 0 Å². The fraction of sp³-hybridized carbons (Fsp3) is 0.778. The van der Waals surface area contributed by atoms with Crippen molar-refractivity contribution in [1.82, 2.24) is 0 Å². The van der Waals surface area contributed by atoms with Crippen LogP contribution in [0.5, 0.6) is 0 Å². The van der Waals surface area contributed by atoms with E-state index in [-0.39, 0.29) is 17.0 Å². The lowest BCUT2D eigenvalue weighted by Gasteiger charge is -2.21. The fourth-order valence-electron chi connectivity index (χ4n) is 0.911. The van der Waals surface area contributed by atoms with Crippen molar-refractivity contribution in [1.29, 1.82) is 0 Å². The Labute approximate surface area is 82.9 Å². The predicted octanol–water partition coefficient (Wildman–Crippen LogP) is 2.01. The minimum Gasteiger partial charge on any atom is -0.480 e. The van der Waals surface area contributed by atoms with E-state index >= 15 is 0 Å². The van der Waals surface area contributed by atoms with Gasteiger partial charge in [-0.3, -0.25) is 9.59 Å². The largest absolute Gasteiger partial charge is 0.480 e. The molecule has 0 heterocycles. The summed E-state index contributed by atoms with van der Waals surface area (Å²) in [5.41, 5.74) is 0. The van der Waals surface area contributed by atoms with Gasteiger partial charge in [-0.2, -0.15) is 0 Å². The van der Waals surface area contributed by atoms with Gasteiger partial charge in [-0.1, -0.05) is 32.5 Å². The zero-order chi connectivity index (χ0) is 10.6. The molecule has 0 spiro atoms. The van der Waals surface area contributed by atoms with Crippen molar-refractivity contribution >= 4 is 22.8 Å². The summed E-state index contributed by atoms with van der Waals surface area (Å²) in [6.07, 6.45) is 0. The third kappa shape index (κ3) is 4.31. The number of hydrogen-bond donors (Lipinski definition) is 1. The Bertz CT molecular complexity index is 201. The third-order valence-electron chi connectivity index (χ3n) is 2.07. The van der Waals surface area contributed by atoms with Crippen LogP contribution in [0.15, 0.2) is 0 Å². The first-order chi connectivity index (χ1) is 5.86. The molecule has 0 aromatic carbocycles. The van der Waals surface area contributed by atoms with Crippen LogP contribution in [0.4, 0.5) is 0 Å². The highest BCUT2D eigenvalue weighted by molar-refractivity contribution is 8.14. The summed E-state index contributed by atoms with van der Waals surface area (Å²) < 4.78 is 0. The molecule has 0 aliphatic carbocycles. The number of carboxylic acids is 1. The number of carbonyl (C=O) groups excluding carboxylic acids is 1. The Morgan fingerprint density at radius 2 is 1.69 bits per heavy atom. The summed E-state index contributed by atoms with van der Waals surface area (Å²) in [6, 6.07) is 0. The highest BCUT2D eigenvalue weighted by Crippen LogP contribution is 2.26. The molecular formula is C9H16O3S. The van der Waals surface area contributed by atoms with Gasteiger partial charge in [0.15, 0.2) is 5.12 Å². The van der Waals surface area contributed by atoms with Gasteiger partial charge in [0.2, 0.25) is 0 Å². The zero-order valence-electron chi connectivity index (χ0n) is 8.40. The Morgan fingerprint density at radius 1 is 1.23 bits per heavy atom. The van der Waals surface area contributed by atoms with E-state index in [4.69, 9.17) is 5.11 Å². The van der Waals surface area contributed by atoms with Gasteiger partial charge < -0.3 is 5.11 Å². The number of rotatable bonds is 4. The maximum atomic E-state index is 10.8. The topological polar surface area (TPSA) is 54.4 Å². The average Bonchev–Trinajstić information content (AvgIpc) is 1.97. The number of aliphatic carboxylic acids is 1. The number of carbonyl (C=O) groups is 2. The van der Waals surface area contributed by atoms with Gasteiger partial charge in [0.25, 0.3) is 0 Å². The van der Waals surface area contributed by atoms with Gasteiger partial charge in [0.1, 0.15) is 5.25 Å². The molecule has 0 rings (SSSR count). The first-order valence-electron chi connectivity index (χ1n) is 4.26. The Balaban J connectivity index is 4.41. The molecule has 3 nitrogen and oxygen atoms in total. The number of hydrogen-bond acceptors (Lipinski definition) is 3. The van der Waals surface area contributed by atoms with E-state index in [1.54, 1.807) is 0 Å². The van der Waals surface area contributed by atoms with Crippen LogP contribution in [0.25, 0.3) is 0 Å². The van der Waals surface area contributed by atoms with E-state index in [9.17, 15) is 9.59 Å². The maximum absolute atomic E-state index is 10.8. The highest BCUT2D eigenvalue weighted by Gasteiger charge is 2.28. The van der Waals surface area contributed by atoms with E-state index in [1.807, 2.05) is 20.8 Å². The van der Waals surface area contributed by atoms with Crippen molar-refractivity contribution in [3.05, 3.63) is 0 Å². The van der Waals surface area contributed by atoms with Crippen molar-refractivity contribution in [2.24, 2.45) is 11.8 Å². The lowest BCUT2D eigenvalue weighted by molar-refractivity contribution is -0.137. The first-order valence-corrected chi connectivity index (χ1v) is 5.14. The van der Waals surface area contributed by atoms with E-state index < -0.39 is 11.2 Å². The molecule has 76 valence electrons. The molecular weight excluding hydrogens is 188 g/mol. The van der Waals surface area contributed by atoms with Crippen LogP contribution in [0.1, 0.15) is 27.7 Å². The van der Waals surface area contributed by atoms with Crippen molar-refractivity contribution in [3.63, 3.8) is 0 Å². The lowest BCUT2D eigenvalue weighted by Crippen LogP contribution is -2.28. The fourth-order valence-corrected chi connectivity index (χ4v) is 1.90. The standard InChI is InChI=1S/C9H16O3S/c1-5(2)6(3)8(9(11)12)13-7(4)10/h5-6,8H,1-4H3,(H,11,12). The van der Waals surface area contributed by atoms with Gasteiger partial charge in [-0.05, 0) is 11.8 Å². The molecule has 0 saturated heterocycles. The lowest BCUT2D eigenvalue weighted by atomic mass is 9.94. The SMILES string of the molecule is CC(=O)SC(C(=O)O)C(C)C(C)C. The molecule has 1 N–H and O–H groups in total. The Morgan fingerprint density at radius 3 is 1.92 bits per heavy atom. The summed E-state index contributed by atoms with van der Waals surface area (Å²) in [5.74, 6) is -0.624. The van der Waals surface area contributed by atoms with E-state index in [0.29, 0.717) is 0 Å². The molecule has 0 radical (unpaired) electrons. The summed E-state index contributed by atoms with van der Waals surface area (Å²) in [5, 5.41) is 8.12. The molecule has 4 heteroatoms. The second-order valence-electron chi connectivity index (χ2n) is 3.47. The minimum atomic E-state index is -0.901. The van der Waals surface area contributed by atoms with Gasteiger partial charge in [0, 0.05) is 6.92 Å². The van der Waals surface area contributed by atoms with Crippen molar-refractivity contribution < 1.29 is 14.7 Å².